The van der Waals surface area contributed by atoms with Gasteiger partial charge in [0.2, 0.25) is 0 Å². The van der Waals surface area contributed by atoms with E-state index in [9.17, 15) is 9.59 Å². The van der Waals surface area contributed by atoms with Crippen LogP contribution in [0.2, 0.25) is 0 Å². The van der Waals surface area contributed by atoms with Gasteiger partial charge in [0.15, 0.2) is 24.4 Å². The van der Waals surface area contributed by atoms with Gasteiger partial charge in [-0.2, -0.15) is 0 Å². The molecule has 0 aromatic heterocycles. The van der Waals surface area contributed by atoms with E-state index in [0.29, 0.717) is 0 Å². The third-order valence-electron chi connectivity index (χ3n) is 1.95. The fourth-order valence-corrected chi connectivity index (χ4v) is 1.23. The van der Waals surface area contributed by atoms with E-state index in [1.54, 1.807) is 0 Å². The van der Waals surface area contributed by atoms with Crippen LogP contribution >= 0.6 is 0 Å². The molecule has 0 amide bonds. The van der Waals surface area contributed by atoms with E-state index in [1.165, 1.54) is 0 Å². The molecule has 1 rings (SSSR count). The zero-order valence-electron chi connectivity index (χ0n) is 7.99. The minimum atomic E-state index is -1.46. The molecule has 6 heteroatoms. The van der Waals surface area contributed by atoms with Crippen LogP contribution in [0.5, 0.6) is 0 Å². The average molecular weight is 224 g/mol. The molecule has 0 aromatic rings. The molecule has 2 unspecified atom stereocenters. The Hall–Kier alpha value is -2.02. The first-order chi connectivity index (χ1) is 7.51. The van der Waals surface area contributed by atoms with Gasteiger partial charge >= 0.3 is 11.9 Å². The van der Waals surface area contributed by atoms with Gasteiger partial charge in [-0.3, -0.25) is 0 Å². The lowest BCUT2D eigenvalue weighted by molar-refractivity contribution is -0.210. The van der Waals surface area contributed by atoms with E-state index in [-0.39, 0.29) is 0 Å². The summed E-state index contributed by atoms with van der Waals surface area (Å²) in [5.41, 5.74) is 0. The van der Waals surface area contributed by atoms with E-state index >= 15 is 0 Å². The molecule has 1 saturated heterocycles. The Labute approximate surface area is 91.2 Å². The van der Waals surface area contributed by atoms with Crippen molar-refractivity contribution in [2.45, 2.75) is 24.4 Å². The number of hydrogen-bond acceptors (Lipinski definition) is 4. The molecule has 84 valence electrons. The summed E-state index contributed by atoms with van der Waals surface area (Å²) in [4.78, 5) is 21.5. The number of hydrogen-bond donors (Lipinski definition) is 2. The van der Waals surface area contributed by atoms with Crippen molar-refractivity contribution in [3.05, 3.63) is 0 Å². The molecular weight excluding hydrogens is 216 g/mol. The third kappa shape index (κ3) is 2.14. The Kier molecular flexibility index (Phi) is 3.51. The molecule has 1 heterocycles. The third-order valence-corrected chi connectivity index (χ3v) is 1.95. The van der Waals surface area contributed by atoms with Crippen LogP contribution in [0.3, 0.4) is 0 Å². The lowest BCUT2D eigenvalue weighted by Crippen LogP contribution is -2.54. The first kappa shape index (κ1) is 12.1. The standard InChI is InChI=1S/C10H8O6/c1-3-5-7(9(11)12)16-6(4-2)8(15-5)10(13)14/h1-2,5-8H,(H,11,12)(H,13,14)/t5-,6-,7?,8?/m0/s1. The predicted octanol–water partition coefficient (Wildman–Crippen LogP) is -1.06. The number of ether oxygens (including phenoxy) is 2. The van der Waals surface area contributed by atoms with Gasteiger partial charge in [-0.1, -0.05) is 11.8 Å². The SMILES string of the molecule is C#C[C@@H]1OC(C(=O)O)[C@H](C#C)OC1C(=O)O. The second-order valence-electron chi connectivity index (χ2n) is 2.96. The summed E-state index contributed by atoms with van der Waals surface area (Å²) >= 11 is 0. The van der Waals surface area contributed by atoms with Crippen molar-refractivity contribution in [2.24, 2.45) is 0 Å². The summed E-state index contributed by atoms with van der Waals surface area (Å²) in [7, 11) is 0. The molecule has 0 bridgehead atoms. The Bertz CT molecular complexity index is 349. The second-order valence-corrected chi connectivity index (χ2v) is 2.96. The van der Waals surface area contributed by atoms with Crippen molar-refractivity contribution in [3.63, 3.8) is 0 Å². The van der Waals surface area contributed by atoms with Crippen molar-refractivity contribution < 1.29 is 29.3 Å². The quantitative estimate of drug-likeness (QED) is 0.581. The van der Waals surface area contributed by atoms with Crippen LogP contribution in [0.15, 0.2) is 0 Å². The van der Waals surface area contributed by atoms with Crippen molar-refractivity contribution >= 4 is 11.9 Å². The molecule has 0 spiro atoms. The fraction of sp³-hybridized carbons (Fsp3) is 0.400. The van der Waals surface area contributed by atoms with Gasteiger partial charge in [0, 0.05) is 0 Å². The highest BCUT2D eigenvalue weighted by atomic mass is 16.6. The number of carboxylic acids is 2. The topological polar surface area (TPSA) is 93.1 Å². The van der Waals surface area contributed by atoms with Crippen molar-refractivity contribution in [2.75, 3.05) is 0 Å². The molecule has 1 aliphatic rings. The Morgan fingerprint density at radius 3 is 1.44 bits per heavy atom. The fourth-order valence-electron chi connectivity index (χ4n) is 1.23. The number of terminal acetylenes is 2. The second kappa shape index (κ2) is 4.67. The largest absolute Gasteiger partial charge is 0.479 e. The zero-order chi connectivity index (χ0) is 12.3. The summed E-state index contributed by atoms with van der Waals surface area (Å²) in [6.07, 6.45) is 4.57. The van der Waals surface area contributed by atoms with Gasteiger partial charge in [0.1, 0.15) is 0 Å². The highest BCUT2D eigenvalue weighted by Crippen LogP contribution is 2.20. The normalized spacial score (nSPS) is 33.4. The number of aliphatic carboxylic acids is 2. The van der Waals surface area contributed by atoms with E-state index in [1.807, 2.05) is 11.8 Å². The highest BCUT2D eigenvalue weighted by molar-refractivity contribution is 5.77. The predicted molar refractivity (Wildman–Crippen MR) is 50.3 cm³/mol. The van der Waals surface area contributed by atoms with Gasteiger partial charge in [-0.05, 0) is 0 Å². The summed E-state index contributed by atoms with van der Waals surface area (Å²) < 4.78 is 9.78. The zero-order valence-corrected chi connectivity index (χ0v) is 7.99. The van der Waals surface area contributed by atoms with Crippen LogP contribution < -0.4 is 0 Å². The summed E-state index contributed by atoms with van der Waals surface area (Å²) in [6.45, 7) is 0. The monoisotopic (exact) mass is 224 g/mol. The van der Waals surface area contributed by atoms with Gasteiger partial charge < -0.3 is 19.7 Å². The van der Waals surface area contributed by atoms with E-state index < -0.39 is 36.4 Å². The number of carbonyl (C=O) groups is 2. The van der Waals surface area contributed by atoms with Gasteiger partial charge in [-0.25, -0.2) is 9.59 Å². The van der Waals surface area contributed by atoms with Crippen molar-refractivity contribution in [1.82, 2.24) is 0 Å². The summed E-state index contributed by atoms with van der Waals surface area (Å²) in [5.74, 6) is 1.30. The molecular formula is C10H8O6. The summed E-state index contributed by atoms with van der Waals surface area (Å²) in [5, 5.41) is 17.5. The maximum atomic E-state index is 10.7. The molecule has 0 saturated carbocycles. The van der Waals surface area contributed by atoms with E-state index in [0.717, 1.165) is 0 Å². The number of rotatable bonds is 2. The minimum Gasteiger partial charge on any atom is -0.479 e. The molecule has 16 heavy (non-hydrogen) atoms. The van der Waals surface area contributed by atoms with Crippen LogP contribution in [0.25, 0.3) is 0 Å². The minimum absolute atomic E-state index is 1.27. The van der Waals surface area contributed by atoms with Crippen molar-refractivity contribution in [1.29, 1.82) is 0 Å². The number of carboxylic acid groups (broad SMARTS) is 2. The first-order valence-corrected chi connectivity index (χ1v) is 4.20. The summed E-state index contributed by atoms with van der Waals surface area (Å²) in [6, 6.07) is 0. The molecule has 0 aliphatic carbocycles. The van der Waals surface area contributed by atoms with Crippen LogP contribution in [-0.2, 0) is 19.1 Å². The molecule has 6 nitrogen and oxygen atoms in total. The molecule has 0 radical (unpaired) electrons. The van der Waals surface area contributed by atoms with Gasteiger partial charge in [0.25, 0.3) is 0 Å². The Balaban J connectivity index is 2.94. The van der Waals surface area contributed by atoms with E-state index in [2.05, 4.69) is 0 Å². The van der Waals surface area contributed by atoms with Crippen LogP contribution in [-0.4, -0.2) is 46.6 Å². The lowest BCUT2D eigenvalue weighted by Gasteiger charge is -2.33. The van der Waals surface area contributed by atoms with Crippen LogP contribution in [0.4, 0.5) is 0 Å². The van der Waals surface area contributed by atoms with Gasteiger partial charge in [0.05, 0.1) is 0 Å². The Morgan fingerprint density at radius 1 is 0.938 bits per heavy atom. The molecule has 1 aliphatic heterocycles. The maximum Gasteiger partial charge on any atom is 0.336 e. The van der Waals surface area contributed by atoms with Crippen LogP contribution in [0, 0.1) is 24.7 Å². The molecule has 4 atom stereocenters. The molecule has 1 fully saturated rings. The molecule has 2 N–H and O–H groups in total. The highest BCUT2D eigenvalue weighted by Gasteiger charge is 2.44. The smallest absolute Gasteiger partial charge is 0.336 e. The Morgan fingerprint density at radius 2 is 1.25 bits per heavy atom. The van der Waals surface area contributed by atoms with Crippen molar-refractivity contribution in [3.8, 4) is 24.7 Å². The average Bonchev–Trinajstić information content (AvgIpc) is 2.26. The lowest BCUT2D eigenvalue weighted by atomic mass is 10.1. The molecule has 0 aromatic carbocycles. The van der Waals surface area contributed by atoms with Gasteiger partial charge in [-0.15, -0.1) is 12.8 Å². The van der Waals surface area contributed by atoms with Crippen LogP contribution in [0.1, 0.15) is 0 Å². The van der Waals surface area contributed by atoms with E-state index in [4.69, 9.17) is 32.5 Å². The first-order valence-electron chi connectivity index (χ1n) is 4.20. The maximum absolute atomic E-state index is 10.7.